The molecule has 5 heteroatoms. The second kappa shape index (κ2) is 7.82. The predicted octanol–water partition coefficient (Wildman–Crippen LogP) is 1.67. The van der Waals surface area contributed by atoms with Gasteiger partial charge in [0, 0.05) is 24.6 Å². The Labute approximate surface area is 106 Å². The zero-order chi connectivity index (χ0) is 12.5. The van der Waals surface area contributed by atoms with Crippen LogP contribution in [0.4, 0.5) is 11.4 Å². The third-order valence-electron chi connectivity index (χ3n) is 2.19. The minimum absolute atomic E-state index is 0.257. The summed E-state index contributed by atoms with van der Waals surface area (Å²) in [6.45, 7) is 1.11. The number of aliphatic hydroxyl groups is 1. The van der Waals surface area contributed by atoms with Gasteiger partial charge in [-0.05, 0) is 30.4 Å². The first-order valence-corrected chi connectivity index (χ1v) is 6.65. The lowest BCUT2D eigenvalue weighted by Gasteiger charge is -2.07. The maximum atomic E-state index is 8.73. The summed E-state index contributed by atoms with van der Waals surface area (Å²) in [6.07, 6.45) is 0.842. The molecule has 4 nitrogen and oxygen atoms in total. The molecule has 1 aromatic carbocycles. The maximum absolute atomic E-state index is 8.73. The Bertz CT molecular complexity index is 390. The van der Waals surface area contributed by atoms with Crippen LogP contribution in [0.2, 0.25) is 0 Å². The molecule has 1 rings (SSSR count). The molecule has 0 aromatic heterocycles. The second-order valence-electron chi connectivity index (χ2n) is 3.53. The highest BCUT2D eigenvalue weighted by Crippen LogP contribution is 2.17. The number of thioether (sulfide) groups is 1. The Kier molecular flexibility index (Phi) is 6.30. The van der Waals surface area contributed by atoms with Crippen molar-refractivity contribution in [2.75, 3.05) is 35.7 Å². The zero-order valence-corrected chi connectivity index (χ0v) is 10.5. The molecule has 0 amide bonds. The summed E-state index contributed by atoms with van der Waals surface area (Å²) >= 11 is 1.80. The van der Waals surface area contributed by atoms with Gasteiger partial charge in [-0.25, -0.2) is 0 Å². The summed E-state index contributed by atoms with van der Waals surface area (Å²) in [6, 6.07) is 7.38. The highest BCUT2D eigenvalue weighted by atomic mass is 32.2. The number of benzene rings is 1. The van der Waals surface area contributed by atoms with E-state index in [4.69, 9.17) is 16.1 Å². The first-order valence-electron chi connectivity index (χ1n) is 5.50. The van der Waals surface area contributed by atoms with Crippen LogP contribution in [0.15, 0.2) is 18.2 Å². The van der Waals surface area contributed by atoms with E-state index in [1.165, 1.54) is 0 Å². The first-order chi connectivity index (χ1) is 8.27. The quantitative estimate of drug-likeness (QED) is 0.507. The van der Waals surface area contributed by atoms with Gasteiger partial charge in [0.05, 0.1) is 11.3 Å². The van der Waals surface area contributed by atoms with E-state index >= 15 is 0 Å². The van der Waals surface area contributed by atoms with Gasteiger partial charge >= 0.3 is 0 Å². The van der Waals surface area contributed by atoms with Gasteiger partial charge in [0.15, 0.2) is 0 Å². The van der Waals surface area contributed by atoms with E-state index in [0.717, 1.165) is 30.2 Å². The fourth-order valence-electron chi connectivity index (χ4n) is 1.31. The molecule has 0 spiro atoms. The molecule has 0 aliphatic rings. The van der Waals surface area contributed by atoms with Crippen LogP contribution in [-0.2, 0) is 0 Å². The van der Waals surface area contributed by atoms with Crippen molar-refractivity contribution in [3.8, 4) is 6.07 Å². The van der Waals surface area contributed by atoms with Gasteiger partial charge < -0.3 is 16.2 Å². The van der Waals surface area contributed by atoms with Crippen molar-refractivity contribution in [2.45, 2.75) is 6.42 Å². The molecule has 0 aliphatic heterocycles. The first kappa shape index (κ1) is 13.7. The van der Waals surface area contributed by atoms with Gasteiger partial charge in [0.1, 0.15) is 6.07 Å². The van der Waals surface area contributed by atoms with Crippen molar-refractivity contribution in [1.29, 1.82) is 5.26 Å². The fraction of sp³-hybridized carbons (Fsp3) is 0.417. The van der Waals surface area contributed by atoms with Crippen molar-refractivity contribution in [3.63, 3.8) is 0 Å². The van der Waals surface area contributed by atoms with E-state index < -0.39 is 0 Å². The SMILES string of the molecule is N#Cc1ccc(NCCSCCCO)cc1N. The van der Waals surface area contributed by atoms with Crippen molar-refractivity contribution in [2.24, 2.45) is 0 Å². The van der Waals surface area contributed by atoms with Crippen molar-refractivity contribution >= 4 is 23.1 Å². The van der Waals surface area contributed by atoms with Crippen LogP contribution in [0.5, 0.6) is 0 Å². The monoisotopic (exact) mass is 251 g/mol. The van der Waals surface area contributed by atoms with Gasteiger partial charge in [0.25, 0.3) is 0 Å². The summed E-state index contributed by atoms with van der Waals surface area (Å²) in [5.74, 6) is 1.97. The minimum Gasteiger partial charge on any atom is -0.398 e. The third-order valence-corrected chi connectivity index (χ3v) is 3.26. The molecular formula is C12H17N3OS. The molecule has 0 heterocycles. The Balaban J connectivity index is 2.28. The molecule has 0 bridgehead atoms. The van der Waals surface area contributed by atoms with Crippen molar-refractivity contribution in [1.82, 2.24) is 0 Å². The molecule has 0 unspecified atom stereocenters. The summed E-state index contributed by atoms with van der Waals surface area (Å²) in [7, 11) is 0. The molecule has 0 saturated heterocycles. The number of anilines is 2. The van der Waals surface area contributed by atoms with Gasteiger partial charge in [-0.15, -0.1) is 0 Å². The lowest BCUT2D eigenvalue weighted by molar-refractivity contribution is 0.296. The van der Waals surface area contributed by atoms with Gasteiger partial charge in [-0.3, -0.25) is 0 Å². The molecule has 4 N–H and O–H groups in total. The van der Waals surface area contributed by atoms with Crippen molar-refractivity contribution < 1.29 is 5.11 Å². The minimum atomic E-state index is 0.257. The molecule has 0 fully saturated rings. The number of nitriles is 1. The Morgan fingerprint density at radius 3 is 2.88 bits per heavy atom. The maximum Gasteiger partial charge on any atom is 0.101 e. The van der Waals surface area contributed by atoms with Crippen LogP contribution in [0, 0.1) is 11.3 Å². The molecule has 92 valence electrons. The summed E-state index contributed by atoms with van der Waals surface area (Å²) in [4.78, 5) is 0. The highest BCUT2D eigenvalue weighted by Gasteiger charge is 1.99. The van der Waals surface area contributed by atoms with Gasteiger partial charge in [0.2, 0.25) is 0 Å². The fourth-order valence-corrected chi connectivity index (χ4v) is 2.09. The summed E-state index contributed by atoms with van der Waals surface area (Å²) < 4.78 is 0. The Morgan fingerprint density at radius 1 is 1.41 bits per heavy atom. The van der Waals surface area contributed by atoms with E-state index in [1.807, 2.05) is 12.1 Å². The Hall–Kier alpha value is -1.38. The molecular weight excluding hydrogens is 234 g/mol. The number of nitrogen functional groups attached to an aromatic ring is 1. The van der Waals surface area contributed by atoms with E-state index in [2.05, 4.69) is 5.32 Å². The number of nitrogens with zero attached hydrogens (tertiary/aromatic N) is 1. The third kappa shape index (κ3) is 4.98. The molecule has 0 atom stereocenters. The van der Waals surface area contributed by atoms with Gasteiger partial charge in [-0.1, -0.05) is 0 Å². The topological polar surface area (TPSA) is 82.1 Å². The largest absolute Gasteiger partial charge is 0.398 e. The zero-order valence-electron chi connectivity index (χ0n) is 9.65. The number of rotatable bonds is 7. The van der Waals surface area contributed by atoms with Crippen LogP contribution in [0.1, 0.15) is 12.0 Å². The highest BCUT2D eigenvalue weighted by molar-refractivity contribution is 7.99. The van der Waals surface area contributed by atoms with E-state index in [1.54, 1.807) is 23.9 Å². The summed E-state index contributed by atoms with van der Waals surface area (Å²) in [5.41, 5.74) is 7.65. The van der Waals surface area contributed by atoms with E-state index in [0.29, 0.717) is 11.3 Å². The van der Waals surface area contributed by atoms with Crippen LogP contribution >= 0.6 is 11.8 Å². The second-order valence-corrected chi connectivity index (χ2v) is 4.75. The van der Waals surface area contributed by atoms with Crippen LogP contribution in [0.3, 0.4) is 0 Å². The van der Waals surface area contributed by atoms with Crippen LogP contribution in [-0.4, -0.2) is 29.8 Å². The normalized spacial score (nSPS) is 9.88. The number of hydrogen-bond donors (Lipinski definition) is 3. The smallest absolute Gasteiger partial charge is 0.101 e. The number of nitrogens with one attached hydrogen (secondary N) is 1. The lowest BCUT2D eigenvalue weighted by Crippen LogP contribution is -2.05. The van der Waals surface area contributed by atoms with Crippen LogP contribution < -0.4 is 11.1 Å². The number of nitrogens with two attached hydrogens (primary N) is 1. The van der Waals surface area contributed by atoms with E-state index in [9.17, 15) is 0 Å². The van der Waals surface area contributed by atoms with Crippen LogP contribution in [0.25, 0.3) is 0 Å². The Morgan fingerprint density at radius 2 is 2.24 bits per heavy atom. The summed E-state index contributed by atoms with van der Waals surface area (Å²) in [5, 5.41) is 20.6. The number of aliphatic hydroxyl groups excluding tert-OH is 1. The average Bonchev–Trinajstić information content (AvgIpc) is 2.34. The van der Waals surface area contributed by atoms with E-state index in [-0.39, 0.29) is 6.61 Å². The van der Waals surface area contributed by atoms with Crippen molar-refractivity contribution in [3.05, 3.63) is 23.8 Å². The standard InChI is InChI=1S/C12H17N3OS/c13-9-10-2-3-11(8-12(10)14)15-4-7-17-6-1-5-16/h2-3,8,15-16H,1,4-7,14H2. The number of hydrogen-bond acceptors (Lipinski definition) is 5. The van der Waals surface area contributed by atoms with Gasteiger partial charge in [-0.2, -0.15) is 17.0 Å². The molecule has 1 aromatic rings. The lowest BCUT2D eigenvalue weighted by atomic mass is 10.2. The molecule has 0 radical (unpaired) electrons. The molecule has 17 heavy (non-hydrogen) atoms. The molecule has 0 aliphatic carbocycles. The average molecular weight is 251 g/mol. The molecule has 0 saturated carbocycles. The predicted molar refractivity (Wildman–Crippen MR) is 73.1 cm³/mol.